The summed E-state index contributed by atoms with van der Waals surface area (Å²) in [5.74, 6) is 0. The lowest BCUT2D eigenvalue weighted by molar-refractivity contribution is 0.624. The molecule has 0 aliphatic carbocycles. The van der Waals surface area contributed by atoms with Crippen molar-refractivity contribution in [3.8, 4) is 0 Å². The van der Waals surface area contributed by atoms with Crippen LogP contribution in [0.4, 0.5) is 11.4 Å². The third kappa shape index (κ3) is 7.42. The molecular formula is C27H42N2. The molecule has 0 atom stereocenters. The molecule has 0 spiro atoms. The lowest BCUT2D eigenvalue weighted by atomic mass is 10.1. The quantitative estimate of drug-likeness (QED) is 0.311. The average molecular weight is 395 g/mol. The number of hydrogen-bond donors (Lipinski definition) is 0. The van der Waals surface area contributed by atoms with Crippen LogP contribution < -0.4 is 9.80 Å². The first-order valence-corrected chi connectivity index (χ1v) is 11.8. The van der Waals surface area contributed by atoms with E-state index in [1.165, 1.54) is 67.6 Å². The highest BCUT2D eigenvalue weighted by Crippen LogP contribution is 2.23. The van der Waals surface area contributed by atoms with Crippen molar-refractivity contribution < 1.29 is 0 Å². The number of unbranched alkanes of at least 4 members (excludes halogenated alkanes) is 3. The first kappa shape index (κ1) is 23.3. The van der Waals surface area contributed by atoms with Gasteiger partial charge in [0, 0.05) is 37.6 Å². The first-order chi connectivity index (χ1) is 14.2. The van der Waals surface area contributed by atoms with Gasteiger partial charge in [0.15, 0.2) is 0 Å². The maximum Gasteiger partial charge on any atom is 0.0398 e. The number of hydrogen-bond acceptors (Lipinski definition) is 2. The Bertz CT molecular complexity index is 694. The number of nitrogens with zero attached hydrogens (tertiary/aromatic N) is 2. The second-order valence-electron chi connectivity index (χ2n) is 8.16. The van der Waals surface area contributed by atoms with Gasteiger partial charge >= 0.3 is 0 Å². The molecule has 2 heteroatoms. The molecule has 0 heterocycles. The highest BCUT2D eigenvalue weighted by Gasteiger charge is 2.12. The number of anilines is 2. The summed E-state index contributed by atoms with van der Waals surface area (Å²) in [7, 11) is 0. The molecule has 160 valence electrons. The molecule has 0 aromatic heterocycles. The van der Waals surface area contributed by atoms with Gasteiger partial charge in [-0.25, -0.2) is 0 Å². The Balaban J connectivity index is 2.04. The molecule has 0 unspecified atom stereocenters. The van der Waals surface area contributed by atoms with E-state index in [0.717, 1.165) is 26.1 Å². The molecule has 2 nitrogen and oxygen atoms in total. The van der Waals surface area contributed by atoms with Crippen LogP contribution in [-0.2, 0) is 6.42 Å². The maximum absolute atomic E-state index is 2.65. The van der Waals surface area contributed by atoms with Crippen LogP contribution in [-0.4, -0.2) is 26.2 Å². The standard InChI is InChI=1S/C27H42N2/c1-5-8-9-14-21-29(27-19-13-11-17-25(27)7-3)23-15-22-28(20-6-2)26-18-12-10-16-24(26)4/h10-13,16-19H,5-9,14-15,20-23H2,1-4H3. The third-order valence-corrected chi connectivity index (χ3v) is 5.80. The number of benzene rings is 2. The van der Waals surface area contributed by atoms with Crippen molar-refractivity contribution in [2.24, 2.45) is 0 Å². The van der Waals surface area contributed by atoms with Gasteiger partial charge in [0.25, 0.3) is 0 Å². The summed E-state index contributed by atoms with van der Waals surface area (Å²) in [6, 6.07) is 17.8. The summed E-state index contributed by atoms with van der Waals surface area (Å²) in [6.45, 7) is 13.6. The van der Waals surface area contributed by atoms with Crippen LogP contribution in [0.25, 0.3) is 0 Å². The first-order valence-electron chi connectivity index (χ1n) is 11.8. The fourth-order valence-corrected chi connectivity index (χ4v) is 4.19. The second kappa shape index (κ2) is 13.3. The van der Waals surface area contributed by atoms with Crippen molar-refractivity contribution in [1.29, 1.82) is 0 Å². The fraction of sp³-hybridized carbons (Fsp3) is 0.556. The van der Waals surface area contributed by atoms with Crippen LogP contribution in [0.2, 0.25) is 0 Å². The maximum atomic E-state index is 2.65. The molecule has 0 saturated heterocycles. The van der Waals surface area contributed by atoms with Crippen molar-refractivity contribution in [2.45, 2.75) is 72.6 Å². The third-order valence-electron chi connectivity index (χ3n) is 5.80. The summed E-state index contributed by atoms with van der Waals surface area (Å²) >= 11 is 0. The number of para-hydroxylation sites is 2. The minimum Gasteiger partial charge on any atom is -0.371 e. The normalized spacial score (nSPS) is 10.9. The zero-order chi connectivity index (χ0) is 20.9. The van der Waals surface area contributed by atoms with Crippen LogP contribution in [0.1, 0.15) is 70.4 Å². The highest BCUT2D eigenvalue weighted by molar-refractivity contribution is 5.54. The zero-order valence-electron chi connectivity index (χ0n) is 19.3. The summed E-state index contributed by atoms with van der Waals surface area (Å²) in [4.78, 5) is 5.23. The van der Waals surface area contributed by atoms with Crippen molar-refractivity contribution in [3.05, 3.63) is 59.7 Å². The van der Waals surface area contributed by atoms with Gasteiger partial charge in [-0.1, -0.05) is 76.4 Å². The van der Waals surface area contributed by atoms with E-state index >= 15 is 0 Å². The van der Waals surface area contributed by atoms with Crippen LogP contribution in [0.3, 0.4) is 0 Å². The van der Waals surface area contributed by atoms with Crippen LogP contribution in [0.5, 0.6) is 0 Å². The summed E-state index contributed by atoms with van der Waals surface area (Å²) in [5.41, 5.74) is 5.71. The zero-order valence-corrected chi connectivity index (χ0v) is 19.3. The van der Waals surface area contributed by atoms with Crippen molar-refractivity contribution in [2.75, 3.05) is 36.0 Å². The van der Waals surface area contributed by atoms with E-state index in [1.807, 2.05) is 0 Å². The molecule has 0 radical (unpaired) electrons. The molecule has 0 saturated carbocycles. The number of rotatable bonds is 14. The topological polar surface area (TPSA) is 6.48 Å². The lowest BCUT2D eigenvalue weighted by Gasteiger charge is -2.30. The molecular weight excluding hydrogens is 352 g/mol. The van der Waals surface area contributed by atoms with E-state index in [4.69, 9.17) is 0 Å². The predicted molar refractivity (Wildman–Crippen MR) is 130 cm³/mol. The van der Waals surface area contributed by atoms with E-state index in [1.54, 1.807) is 0 Å². The Kier molecular flexibility index (Phi) is 10.7. The molecule has 2 aromatic carbocycles. The van der Waals surface area contributed by atoms with E-state index in [2.05, 4.69) is 86.0 Å². The smallest absolute Gasteiger partial charge is 0.0398 e. The van der Waals surface area contributed by atoms with Gasteiger partial charge in [0.1, 0.15) is 0 Å². The van der Waals surface area contributed by atoms with Gasteiger partial charge in [-0.3, -0.25) is 0 Å². The van der Waals surface area contributed by atoms with Crippen molar-refractivity contribution >= 4 is 11.4 Å². The van der Waals surface area contributed by atoms with Crippen LogP contribution in [0.15, 0.2) is 48.5 Å². The Hall–Kier alpha value is -1.96. The average Bonchev–Trinajstić information content (AvgIpc) is 2.75. The van der Waals surface area contributed by atoms with Gasteiger partial charge in [0.05, 0.1) is 0 Å². The van der Waals surface area contributed by atoms with Gasteiger partial charge < -0.3 is 9.80 Å². The Morgan fingerprint density at radius 2 is 1.21 bits per heavy atom. The monoisotopic (exact) mass is 394 g/mol. The molecule has 2 rings (SSSR count). The van der Waals surface area contributed by atoms with Crippen LogP contribution in [0, 0.1) is 6.92 Å². The fourth-order valence-electron chi connectivity index (χ4n) is 4.19. The van der Waals surface area contributed by atoms with Gasteiger partial charge in [-0.2, -0.15) is 0 Å². The second-order valence-corrected chi connectivity index (χ2v) is 8.16. The summed E-state index contributed by atoms with van der Waals surface area (Å²) in [6.07, 6.45) is 8.77. The van der Waals surface area contributed by atoms with Crippen LogP contribution >= 0.6 is 0 Å². The Labute approximate surface area is 179 Å². The van der Waals surface area contributed by atoms with Gasteiger partial charge in [0.2, 0.25) is 0 Å². The van der Waals surface area contributed by atoms with Gasteiger partial charge in [-0.05, 0) is 55.9 Å². The van der Waals surface area contributed by atoms with Crippen molar-refractivity contribution in [1.82, 2.24) is 0 Å². The largest absolute Gasteiger partial charge is 0.371 e. The van der Waals surface area contributed by atoms with E-state index in [-0.39, 0.29) is 0 Å². The molecule has 2 aromatic rings. The van der Waals surface area contributed by atoms with E-state index in [9.17, 15) is 0 Å². The van der Waals surface area contributed by atoms with E-state index in [0.29, 0.717) is 0 Å². The summed E-state index contributed by atoms with van der Waals surface area (Å²) < 4.78 is 0. The molecule has 0 N–H and O–H groups in total. The van der Waals surface area contributed by atoms with E-state index < -0.39 is 0 Å². The molecule has 29 heavy (non-hydrogen) atoms. The van der Waals surface area contributed by atoms with Gasteiger partial charge in [-0.15, -0.1) is 0 Å². The predicted octanol–water partition coefficient (Wildman–Crippen LogP) is 7.25. The molecule has 0 aliphatic rings. The Morgan fingerprint density at radius 3 is 1.86 bits per heavy atom. The molecule has 0 bridgehead atoms. The molecule has 0 aliphatic heterocycles. The SMILES string of the molecule is CCCCCCN(CCCN(CCC)c1ccccc1C)c1ccccc1CC. The molecule has 0 amide bonds. The summed E-state index contributed by atoms with van der Waals surface area (Å²) in [5, 5.41) is 0. The minimum absolute atomic E-state index is 1.10. The Morgan fingerprint density at radius 1 is 0.586 bits per heavy atom. The number of aryl methyl sites for hydroxylation is 2. The highest BCUT2D eigenvalue weighted by atomic mass is 15.2. The van der Waals surface area contributed by atoms with Crippen molar-refractivity contribution in [3.63, 3.8) is 0 Å². The lowest BCUT2D eigenvalue weighted by Crippen LogP contribution is -2.32. The molecule has 0 fully saturated rings. The minimum atomic E-state index is 1.10.